The van der Waals surface area contributed by atoms with Crippen LogP contribution in [-0.2, 0) is 6.54 Å². The average molecular weight is 322 g/mol. The Morgan fingerprint density at radius 1 is 1.17 bits per heavy atom. The lowest BCUT2D eigenvalue weighted by atomic mass is 9.97. The maximum absolute atomic E-state index is 4.74. The number of likely N-dealkylation sites (tertiary alicyclic amines) is 1. The zero-order chi connectivity index (χ0) is 16.2. The van der Waals surface area contributed by atoms with Crippen molar-refractivity contribution in [2.45, 2.75) is 25.3 Å². The van der Waals surface area contributed by atoms with Crippen molar-refractivity contribution in [3.05, 3.63) is 54.9 Å². The number of aromatic amines is 1. The fraction of sp³-hybridized carbons (Fsp3) is 0.389. The third-order valence-corrected chi connectivity index (χ3v) is 4.66. The van der Waals surface area contributed by atoms with E-state index in [1.54, 1.807) is 0 Å². The SMILES string of the molecule is c1ccc(-c2n[nH]c([C@@H]3CCCN(CCn4ccnc4)C3)n2)cc1. The van der Waals surface area contributed by atoms with E-state index in [0.717, 1.165) is 43.4 Å². The Kier molecular flexibility index (Phi) is 4.38. The molecule has 1 aliphatic heterocycles. The van der Waals surface area contributed by atoms with Crippen molar-refractivity contribution >= 4 is 0 Å². The van der Waals surface area contributed by atoms with Gasteiger partial charge in [-0.2, -0.15) is 5.10 Å². The van der Waals surface area contributed by atoms with Gasteiger partial charge in [0.2, 0.25) is 0 Å². The quantitative estimate of drug-likeness (QED) is 0.784. The molecular weight excluding hydrogens is 300 g/mol. The second-order valence-electron chi connectivity index (χ2n) is 6.35. The first-order valence-corrected chi connectivity index (χ1v) is 8.54. The van der Waals surface area contributed by atoms with Crippen LogP contribution in [0, 0.1) is 0 Å². The zero-order valence-electron chi connectivity index (χ0n) is 13.7. The van der Waals surface area contributed by atoms with Gasteiger partial charge in [-0.15, -0.1) is 0 Å². The Morgan fingerprint density at radius 2 is 2.08 bits per heavy atom. The van der Waals surface area contributed by atoms with Crippen LogP contribution in [0.2, 0.25) is 0 Å². The molecule has 1 N–H and O–H groups in total. The van der Waals surface area contributed by atoms with Crippen LogP contribution >= 0.6 is 0 Å². The summed E-state index contributed by atoms with van der Waals surface area (Å²) in [5, 5.41) is 7.57. The number of aromatic nitrogens is 5. The summed E-state index contributed by atoms with van der Waals surface area (Å²) >= 11 is 0. The molecule has 4 rings (SSSR count). The summed E-state index contributed by atoms with van der Waals surface area (Å²) in [6, 6.07) is 10.1. The number of piperidine rings is 1. The van der Waals surface area contributed by atoms with Crippen LogP contribution in [0.25, 0.3) is 11.4 Å². The smallest absolute Gasteiger partial charge is 0.181 e. The largest absolute Gasteiger partial charge is 0.336 e. The van der Waals surface area contributed by atoms with Crippen LogP contribution in [0.4, 0.5) is 0 Å². The minimum absolute atomic E-state index is 0.437. The van der Waals surface area contributed by atoms with Crippen LogP contribution < -0.4 is 0 Å². The van der Waals surface area contributed by atoms with Crippen molar-refractivity contribution in [3.8, 4) is 11.4 Å². The Bertz CT molecular complexity index is 749. The summed E-state index contributed by atoms with van der Waals surface area (Å²) in [4.78, 5) is 11.4. The molecule has 0 spiro atoms. The number of rotatable bonds is 5. The predicted molar refractivity (Wildman–Crippen MR) is 92.5 cm³/mol. The monoisotopic (exact) mass is 322 g/mol. The molecule has 1 fully saturated rings. The number of hydrogen-bond donors (Lipinski definition) is 1. The van der Waals surface area contributed by atoms with Crippen molar-refractivity contribution in [2.75, 3.05) is 19.6 Å². The average Bonchev–Trinajstić information content (AvgIpc) is 3.33. The first kappa shape index (κ1) is 15.1. The molecule has 24 heavy (non-hydrogen) atoms. The van der Waals surface area contributed by atoms with Gasteiger partial charge in [-0.25, -0.2) is 9.97 Å². The van der Waals surface area contributed by atoms with Crippen molar-refractivity contribution in [1.82, 2.24) is 29.6 Å². The van der Waals surface area contributed by atoms with Crippen LogP contribution in [0.1, 0.15) is 24.6 Å². The highest BCUT2D eigenvalue weighted by atomic mass is 15.2. The topological polar surface area (TPSA) is 62.6 Å². The molecule has 2 aromatic heterocycles. The predicted octanol–water partition coefficient (Wildman–Crippen LogP) is 2.55. The van der Waals surface area contributed by atoms with Gasteiger partial charge in [0.15, 0.2) is 5.82 Å². The van der Waals surface area contributed by atoms with Crippen molar-refractivity contribution in [2.24, 2.45) is 0 Å². The Balaban J connectivity index is 1.40. The second-order valence-corrected chi connectivity index (χ2v) is 6.35. The molecule has 0 unspecified atom stereocenters. The number of nitrogens with one attached hydrogen (secondary N) is 1. The molecule has 1 saturated heterocycles. The molecule has 3 aromatic rings. The van der Waals surface area contributed by atoms with Gasteiger partial charge in [-0.1, -0.05) is 30.3 Å². The first-order chi connectivity index (χ1) is 11.9. The van der Waals surface area contributed by atoms with Crippen LogP contribution in [0.3, 0.4) is 0 Å². The van der Waals surface area contributed by atoms with E-state index in [9.17, 15) is 0 Å². The molecule has 6 heteroatoms. The van der Waals surface area contributed by atoms with E-state index in [-0.39, 0.29) is 0 Å². The van der Waals surface area contributed by atoms with E-state index < -0.39 is 0 Å². The summed E-state index contributed by atoms with van der Waals surface area (Å²) in [7, 11) is 0. The van der Waals surface area contributed by atoms with Crippen molar-refractivity contribution in [3.63, 3.8) is 0 Å². The van der Waals surface area contributed by atoms with Crippen molar-refractivity contribution in [1.29, 1.82) is 0 Å². The van der Waals surface area contributed by atoms with Gasteiger partial charge in [0, 0.05) is 43.5 Å². The minimum atomic E-state index is 0.437. The van der Waals surface area contributed by atoms with Gasteiger partial charge < -0.3 is 9.47 Å². The van der Waals surface area contributed by atoms with Gasteiger partial charge in [0.1, 0.15) is 5.82 Å². The summed E-state index contributed by atoms with van der Waals surface area (Å²) in [6.45, 7) is 4.23. The number of nitrogens with zero attached hydrogens (tertiary/aromatic N) is 5. The third kappa shape index (κ3) is 3.38. The lowest BCUT2D eigenvalue weighted by Crippen LogP contribution is -2.36. The molecule has 0 saturated carbocycles. The van der Waals surface area contributed by atoms with E-state index in [0.29, 0.717) is 5.92 Å². The summed E-state index contributed by atoms with van der Waals surface area (Å²) in [6.07, 6.45) is 8.10. The van der Waals surface area contributed by atoms with Gasteiger partial charge in [0.05, 0.1) is 6.33 Å². The number of imidazole rings is 1. The van der Waals surface area contributed by atoms with Gasteiger partial charge in [-0.3, -0.25) is 5.10 Å². The molecule has 0 bridgehead atoms. The van der Waals surface area contributed by atoms with Gasteiger partial charge in [-0.05, 0) is 19.4 Å². The van der Waals surface area contributed by atoms with E-state index in [2.05, 4.69) is 24.6 Å². The van der Waals surface area contributed by atoms with E-state index in [1.165, 1.54) is 12.8 Å². The third-order valence-electron chi connectivity index (χ3n) is 4.66. The Morgan fingerprint density at radius 3 is 2.92 bits per heavy atom. The standard InChI is InChI=1S/C18H22N6/c1-2-5-15(6-3-1)17-20-18(22-21-17)16-7-4-9-23(13-16)11-12-24-10-8-19-14-24/h1-3,5-6,8,10,14,16H,4,7,9,11-13H2,(H,20,21,22)/t16-/m1/s1. The summed E-state index contributed by atoms with van der Waals surface area (Å²) < 4.78 is 2.13. The fourth-order valence-electron chi connectivity index (χ4n) is 3.33. The highest BCUT2D eigenvalue weighted by Gasteiger charge is 2.24. The molecule has 124 valence electrons. The zero-order valence-corrected chi connectivity index (χ0v) is 13.7. The number of hydrogen-bond acceptors (Lipinski definition) is 4. The van der Waals surface area contributed by atoms with E-state index in [4.69, 9.17) is 4.98 Å². The molecule has 0 radical (unpaired) electrons. The number of H-pyrrole nitrogens is 1. The van der Waals surface area contributed by atoms with E-state index in [1.807, 2.05) is 49.1 Å². The Labute approximate surface area is 141 Å². The molecule has 1 aliphatic rings. The minimum Gasteiger partial charge on any atom is -0.336 e. The molecule has 1 aromatic carbocycles. The highest BCUT2D eigenvalue weighted by Crippen LogP contribution is 2.25. The van der Waals surface area contributed by atoms with Crippen LogP contribution in [-0.4, -0.2) is 49.3 Å². The fourth-order valence-corrected chi connectivity index (χ4v) is 3.33. The van der Waals surface area contributed by atoms with Gasteiger partial charge in [0.25, 0.3) is 0 Å². The summed E-state index contributed by atoms with van der Waals surface area (Å²) in [5.74, 6) is 2.24. The van der Waals surface area contributed by atoms with Crippen LogP contribution in [0.15, 0.2) is 49.1 Å². The molecule has 1 atom stereocenters. The molecule has 3 heterocycles. The molecule has 0 aliphatic carbocycles. The van der Waals surface area contributed by atoms with E-state index >= 15 is 0 Å². The summed E-state index contributed by atoms with van der Waals surface area (Å²) in [5.41, 5.74) is 1.06. The Hall–Kier alpha value is -2.47. The maximum atomic E-state index is 4.74. The first-order valence-electron chi connectivity index (χ1n) is 8.54. The van der Waals surface area contributed by atoms with Crippen molar-refractivity contribution < 1.29 is 0 Å². The molecule has 0 amide bonds. The normalized spacial score (nSPS) is 18.8. The molecular formula is C18H22N6. The maximum Gasteiger partial charge on any atom is 0.181 e. The molecule has 6 nitrogen and oxygen atoms in total. The lowest BCUT2D eigenvalue weighted by molar-refractivity contribution is 0.197. The van der Waals surface area contributed by atoms with Gasteiger partial charge >= 0.3 is 0 Å². The lowest BCUT2D eigenvalue weighted by Gasteiger charge is -2.31. The highest BCUT2D eigenvalue weighted by molar-refractivity contribution is 5.53. The number of benzene rings is 1. The second kappa shape index (κ2) is 6.97. The van der Waals surface area contributed by atoms with Crippen LogP contribution in [0.5, 0.6) is 0 Å².